The molecular weight excluding hydrogens is 370 g/mol. The predicted molar refractivity (Wildman–Crippen MR) is 111 cm³/mol. The summed E-state index contributed by atoms with van der Waals surface area (Å²) >= 11 is 0. The van der Waals surface area contributed by atoms with Crippen LogP contribution in [0.1, 0.15) is 17.2 Å². The Kier molecular flexibility index (Phi) is 7.25. The van der Waals surface area contributed by atoms with Gasteiger partial charge in [0.1, 0.15) is 24.2 Å². The molecule has 29 heavy (non-hydrogen) atoms. The lowest BCUT2D eigenvalue weighted by Crippen LogP contribution is -2.47. The fourth-order valence-corrected chi connectivity index (χ4v) is 3.46. The lowest BCUT2D eigenvalue weighted by Gasteiger charge is -2.37. The molecule has 3 N–H and O–H groups in total. The average Bonchev–Trinajstić information content (AvgIpc) is 2.77. The first-order valence-electron chi connectivity index (χ1n) is 9.64. The van der Waals surface area contributed by atoms with Crippen molar-refractivity contribution in [2.24, 2.45) is 0 Å². The Morgan fingerprint density at radius 3 is 2.66 bits per heavy atom. The predicted octanol–water partition coefficient (Wildman–Crippen LogP) is 1.42. The number of nitrogen functional groups attached to an aromatic ring is 1. The minimum Gasteiger partial charge on any atom is -0.491 e. The number of methoxy groups -OCH3 is 1. The van der Waals surface area contributed by atoms with Gasteiger partial charge in [0.05, 0.1) is 24.0 Å². The molecule has 0 spiro atoms. The van der Waals surface area contributed by atoms with Gasteiger partial charge in [0.25, 0.3) is 0 Å². The van der Waals surface area contributed by atoms with Gasteiger partial charge in [-0.2, -0.15) is 5.26 Å². The minimum atomic E-state index is -0.0627. The number of nitriles is 1. The Morgan fingerprint density at radius 1 is 1.24 bits per heavy atom. The van der Waals surface area contributed by atoms with Gasteiger partial charge in [-0.15, -0.1) is 0 Å². The summed E-state index contributed by atoms with van der Waals surface area (Å²) in [5.74, 6) is 1.09. The summed E-state index contributed by atoms with van der Waals surface area (Å²) in [6, 6.07) is 11.5. The number of anilines is 2. The molecule has 1 aliphatic heterocycles. The van der Waals surface area contributed by atoms with E-state index in [1.165, 1.54) is 0 Å². The van der Waals surface area contributed by atoms with E-state index in [0.29, 0.717) is 17.1 Å². The summed E-state index contributed by atoms with van der Waals surface area (Å²) in [5.41, 5.74) is 8.17. The maximum absolute atomic E-state index is 9.52. The molecule has 0 aliphatic carbocycles. The molecule has 2 aromatic rings. The molecule has 2 heterocycles. The van der Waals surface area contributed by atoms with E-state index in [-0.39, 0.29) is 19.3 Å². The molecule has 8 nitrogen and oxygen atoms in total. The van der Waals surface area contributed by atoms with Crippen molar-refractivity contribution in [2.75, 3.05) is 63.7 Å². The number of hydrogen-bond donors (Lipinski definition) is 2. The number of nitrogens with zero attached hydrogens (tertiary/aromatic N) is 4. The number of nitrogens with two attached hydrogens (primary N) is 1. The fraction of sp³-hybridized carbons (Fsp3) is 0.429. The molecule has 154 valence electrons. The highest BCUT2D eigenvalue weighted by molar-refractivity contribution is 5.62. The van der Waals surface area contributed by atoms with Gasteiger partial charge >= 0.3 is 0 Å². The SMILES string of the molecule is COC(CN1CCN(c2ccc(OCCO)cc2C#N)CC1)c1ccc(N)nc1. The molecular formula is C21H27N5O3. The molecule has 0 amide bonds. The molecule has 1 unspecified atom stereocenters. The van der Waals surface area contributed by atoms with E-state index >= 15 is 0 Å². The van der Waals surface area contributed by atoms with E-state index in [1.807, 2.05) is 18.2 Å². The van der Waals surface area contributed by atoms with Crippen LogP contribution in [0.4, 0.5) is 11.5 Å². The van der Waals surface area contributed by atoms with E-state index in [4.69, 9.17) is 20.3 Å². The summed E-state index contributed by atoms with van der Waals surface area (Å²) < 4.78 is 11.1. The van der Waals surface area contributed by atoms with Crippen molar-refractivity contribution in [3.8, 4) is 11.8 Å². The van der Waals surface area contributed by atoms with Crippen LogP contribution in [-0.2, 0) is 4.74 Å². The Labute approximate surface area is 171 Å². The maximum Gasteiger partial charge on any atom is 0.123 e. The topological polar surface area (TPSA) is 108 Å². The first-order chi connectivity index (χ1) is 14.1. The molecule has 1 atom stereocenters. The number of aliphatic hydroxyl groups is 1. The lowest BCUT2D eigenvalue weighted by molar-refractivity contribution is 0.0613. The zero-order valence-corrected chi connectivity index (χ0v) is 16.6. The van der Waals surface area contributed by atoms with Crippen molar-refractivity contribution in [3.63, 3.8) is 0 Å². The summed E-state index contributed by atoms with van der Waals surface area (Å²) in [4.78, 5) is 8.73. The average molecular weight is 397 g/mol. The highest BCUT2D eigenvalue weighted by Crippen LogP contribution is 2.27. The van der Waals surface area contributed by atoms with Crippen molar-refractivity contribution in [3.05, 3.63) is 47.7 Å². The third kappa shape index (κ3) is 5.35. The summed E-state index contributed by atoms with van der Waals surface area (Å²) in [6.45, 7) is 4.32. The van der Waals surface area contributed by atoms with Crippen LogP contribution in [0.25, 0.3) is 0 Å². The second-order valence-electron chi connectivity index (χ2n) is 6.89. The van der Waals surface area contributed by atoms with E-state index in [1.54, 1.807) is 25.4 Å². The molecule has 0 saturated carbocycles. The second kappa shape index (κ2) is 10.1. The number of pyridine rings is 1. The summed E-state index contributed by atoms with van der Waals surface area (Å²) in [7, 11) is 1.71. The van der Waals surface area contributed by atoms with E-state index in [0.717, 1.165) is 44.0 Å². The van der Waals surface area contributed by atoms with Gasteiger partial charge in [0.2, 0.25) is 0 Å². The van der Waals surface area contributed by atoms with Crippen LogP contribution in [0.3, 0.4) is 0 Å². The van der Waals surface area contributed by atoms with Crippen LogP contribution in [0.15, 0.2) is 36.5 Å². The van der Waals surface area contributed by atoms with Crippen molar-refractivity contribution in [1.29, 1.82) is 5.26 Å². The molecule has 0 bridgehead atoms. The van der Waals surface area contributed by atoms with Gasteiger partial charge in [0.15, 0.2) is 0 Å². The number of ether oxygens (including phenoxy) is 2. The molecule has 1 fully saturated rings. The van der Waals surface area contributed by atoms with Gasteiger partial charge in [0, 0.05) is 51.6 Å². The first-order valence-corrected chi connectivity index (χ1v) is 9.64. The van der Waals surface area contributed by atoms with Crippen LogP contribution in [0, 0.1) is 11.3 Å². The number of aromatic nitrogens is 1. The van der Waals surface area contributed by atoms with Crippen LogP contribution >= 0.6 is 0 Å². The number of piperazine rings is 1. The van der Waals surface area contributed by atoms with Crippen molar-refractivity contribution in [2.45, 2.75) is 6.10 Å². The molecule has 1 aromatic carbocycles. The lowest BCUT2D eigenvalue weighted by atomic mass is 10.1. The van der Waals surface area contributed by atoms with E-state index in [2.05, 4.69) is 20.9 Å². The van der Waals surface area contributed by atoms with Gasteiger partial charge in [-0.25, -0.2) is 4.98 Å². The second-order valence-corrected chi connectivity index (χ2v) is 6.89. The molecule has 1 saturated heterocycles. The molecule has 8 heteroatoms. The highest BCUT2D eigenvalue weighted by atomic mass is 16.5. The smallest absolute Gasteiger partial charge is 0.123 e. The first kappa shape index (κ1) is 20.9. The van der Waals surface area contributed by atoms with Crippen LogP contribution in [0.5, 0.6) is 5.75 Å². The van der Waals surface area contributed by atoms with E-state index < -0.39 is 0 Å². The number of aliphatic hydroxyl groups excluding tert-OH is 1. The Balaban J connectivity index is 1.60. The van der Waals surface area contributed by atoms with Gasteiger partial charge in [-0.05, 0) is 24.3 Å². The van der Waals surface area contributed by atoms with Crippen molar-refractivity contribution in [1.82, 2.24) is 9.88 Å². The Bertz CT molecular complexity index is 829. The summed E-state index contributed by atoms with van der Waals surface area (Å²) in [5, 5.41) is 18.4. The zero-order chi connectivity index (χ0) is 20.6. The van der Waals surface area contributed by atoms with Crippen molar-refractivity contribution < 1.29 is 14.6 Å². The van der Waals surface area contributed by atoms with E-state index in [9.17, 15) is 5.26 Å². The Morgan fingerprint density at radius 2 is 2.03 bits per heavy atom. The minimum absolute atomic E-state index is 0.0551. The van der Waals surface area contributed by atoms with Crippen molar-refractivity contribution >= 4 is 11.5 Å². The van der Waals surface area contributed by atoms with Gasteiger partial charge < -0.3 is 25.2 Å². The Hall–Kier alpha value is -2.86. The largest absolute Gasteiger partial charge is 0.491 e. The molecule has 3 rings (SSSR count). The standard InChI is InChI=1S/C21H27N5O3/c1-28-20(16-2-5-21(23)24-14-16)15-25-6-8-26(9-7-25)19-4-3-18(29-11-10-27)12-17(19)13-22/h2-5,12,14,20,27H,6-11,15H2,1H3,(H2,23,24). The van der Waals surface area contributed by atoms with Crippen LogP contribution in [-0.4, -0.2) is 68.0 Å². The third-order valence-corrected chi connectivity index (χ3v) is 5.05. The normalized spacial score (nSPS) is 15.7. The number of hydrogen-bond acceptors (Lipinski definition) is 8. The van der Waals surface area contributed by atoms with Crippen LogP contribution in [0.2, 0.25) is 0 Å². The van der Waals surface area contributed by atoms with Gasteiger partial charge in [-0.3, -0.25) is 4.90 Å². The van der Waals surface area contributed by atoms with Crippen LogP contribution < -0.4 is 15.4 Å². The monoisotopic (exact) mass is 397 g/mol. The molecule has 0 radical (unpaired) electrons. The third-order valence-electron chi connectivity index (χ3n) is 5.05. The quantitative estimate of drug-likeness (QED) is 0.689. The molecule has 1 aliphatic rings. The number of benzene rings is 1. The zero-order valence-electron chi connectivity index (χ0n) is 16.6. The number of rotatable bonds is 8. The van der Waals surface area contributed by atoms with Gasteiger partial charge in [-0.1, -0.05) is 6.07 Å². The maximum atomic E-state index is 9.52. The summed E-state index contributed by atoms with van der Waals surface area (Å²) in [6.07, 6.45) is 1.70. The molecule has 1 aromatic heterocycles. The highest BCUT2D eigenvalue weighted by Gasteiger charge is 2.23. The fourth-order valence-electron chi connectivity index (χ4n) is 3.46.